The first-order valence-electron chi connectivity index (χ1n) is 6.03. The lowest BCUT2D eigenvalue weighted by Gasteiger charge is -2.11. The highest BCUT2D eigenvalue weighted by atomic mass is 16.3. The van der Waals surface area contributed by atoms with Crippen molar-refractivity contribution in [3.63, 3.8) is 0 Å². The zero-order valence-electron chi connectivity index (χ0n) is 10.7. The average Bonchev–Trinajstić information content (AvgIpc) is 2.37. The summed E-state index contributed by atoms with van der Waals surface area (Å²) in [5.41, 5.74) is 2.57. The lowest BCUT2D eigenvalue weighted by atomic mass is 10.1. The van der Waals surface area contributed by atoms with Crippen LogP contribution in [0.4, 0.5) is 0 Å². The molecule has 0 aliphatic heterocycles. The molecule has 0 atom stereocenters. The van der Waals surface area contributed by atoms with Crippen molar-refractivity contribution >= 4 is 0 Å². The number of nitrogens with zero attached hydrogens (tertiary/aromatic N) is 1. The monoisotopic (exact) mass is 243 g/mol. The third-order valence-electron chi connectivity index (χ3n) is 3.25. The Morgan fingerprint density at radius 2 is 1.83 bits per heavy atom. The summed E-state index contributed by atoms with van der Waals surface area (Å²) in [4.78, 5) is 12.0. The van der Waals surface area contributed by atoms with Gasteiger partial charge in [-0.15, -0.1) is 0 Å². The van der Waals surface area contributed by atoms with Gasteiger partial charge in [-0.2, -0.15) is 0 Å². The molecule has 1 heterocycles. The molecule has 94 valence electrons. The summed E-state index contributed by atoms with van der Waals surface area (Å²) in [6, 6.07) is 11.6. The molecule has 18 heavy (non-hydrogen) atoms. The predicted molar refractivity (Wildman–Crippen MR) is 72.0 cm³/mol. The van der Waals surface area contributed by atoms with Gasteiger partial charge in [0, 0.05) is 18.2 Å². The molecule has 0 saturated carbocycles. The standard InChI is InChI=1S/C15H17NO2/c1-11-10-14(17)16(15(18)12(11)2)9-8-13-6-4-3-5-7-13/h3-7,10,17H,8-9H2,1-2H3. The van der Waals surface area contributed by atoms with Gasteiger partial charge in [0.1, 0.15) is 0 Å². The highest BCUT2D eigenvalue weighted by Crippen LogP contribution is 2.12. The van der Waals surface area contributed by atoms with E-state index in [1.807, 2.05) is 37.3 Å². The number of hydrogen-bond donors (Lipinski definition) is 1. The van der Waals surface area contributed by atoms with E-state index in [4.69, 9.17) is 0 Å². The number of aromatic hydroxyl groups is 1. The van der Waals surface area contributed by atoms with E-state index in [9.17, 15) is 9.90 Å². The molecule has 0 radical (unpaired) electrons. The number of hydrogen-bond acceptors (Lipinski definition) is 2. The van der Waals surface area contributed by atoms with Crippen molar-refractivity contribution in [1.29, 1.82) is 0 Å². The fourth-order valence-corrected chi connectivity index (χ4v) is 1.96. The Kier molecular flexibility index (Phi) is 3.51. The van der Waals surface area contributed by atoms with Gasteiger partial charge in [-0.25, -0.2) is 0 Å². The fourth-order valence-electron chi connectivity index (χ4n) is 1.96. The summed E-state index contributed by atoms with van der Waals surface area (Å²) in [5, 5.41) is 9.84. The highest BCUT2D eigenvalue weighted by molar-refractivity contribution is 5.28. The summed E-state index contributed by atoms with van der Waals surface area (Å²) in [7, 11) is 0. The van der Waals surface area contributed by atoms with Gasteiger partial charge in [0.2, 0.25) is 0 Å². The first kappa shape index (κ1) is 12.4. The Morgan fingerprint density at radius 1 is 1.17 bits per heavy atom. The SMILES string of the molecule is Cc1cc(O)n(CCc2ccccc2)c(=O)c1C. The third kappa shape index (κ3) is 2.45. The van der Waals surface area contributed by atoms with Crippen LogP contribution in [0.25, 0.3) is 0 Å². The van der Waals surface area contributed by atoms with Crippen LogP contribution in [0.15, 0.2) is 41.2 Å². The zero-order valence-corrected chi connectivity index (χ0v) is 10.7. The van der Waals surface area contributed by atoms with Crippen LogP contribution < -0.4 is 5.56 Å². The van der Waals surface area contributed by atoms with E-state index < -0.39 is 0 Å². The van der Waals surface area contributed by atoms with E-state index in [0.29, 0.717) is 12.1 Å². The van der Waals surface area contributed by atoms with Gasteiger partial charge in [0.15, 0.2) is 5.88 Å². The number of rotatable bonds is 3. The Hall–Kier alpha value is -2.03. The van der Waals surface area contributed by atoms with Crippen molar-refractivity contribution in [1.82, 2.24) is 4.57 Å². The lowest BCUT2D eigenvalue weighted by molar-refractivity contribution is 0.405. The van der Waals surface area contributed by atoms with Crippen molar-refractivity contribution < 1.29 is 5.11 Å². The molecule has 0 aliphatic rings. The molecule has 2 aromatic rings. The van der Waals surface area contributed by atoms with Crippen LogP contribution >= 0.6 is 0 Å². The second-order valence-corrected chi connectivity index (χ2v) is 4.50. The smallest absolute Gasteiger partial charge is 0.256 e. The van der Waals surface area contributed by atoms with Crippen LogP contribution in [0.5, 0.6) is 5.88 Å². The van der Waals surface area contributed by atoms with Gasteiger partial charge < -0.3 is 5.11 Å². The molecule has 1 aromatic heterocycles. The Balaban J connectivity index is 2.25. The Morgan fingerprint density at radius 3 is 2.50 bits per heavy atom. The lowest BCUT2D eigenvalue weighted by Crippen LogP contribution is -2.23. The molecule has 0 unspecified atom stereocenters. The van der Waals surface area contributed by atoms with Crippen LogP contribution in [0.3, 0.4) is 0 Å². The summed E-state index contributed by atoms with van der Waals surface area (Å²) in [5.74, 6) is 0.0408. The van der Waals surface area contributed by atoms with Crippen molar-refractivity contribution in [3.05, 3.63) is 63.4 Å². The van der Waals surface area contributed by atoms with Crippen molar-refractivity contribution in [2.24, 2.45) is 0 Å². The van der Waals surface area contributed by atoms with Crippen molar-refractivity contribution in [2.45, 2.75) is 26.8 Å². The Bertz CT molecular complexity index is 600. The third-order valence-corrected chi connectivity index (χ3v) is 3.25. The van der Waals surface area contributed by atoms with Gasteiger partial charge in [-0.05, 0) is 31.4 Å². The van der Waals surface area contributed by atoms with Crippen LogP contribution in [0.1, 0.15) is 16.7 Å². The maximum absolute atomic E-state index is 12.0. The van der Waals surface area contributed by atoms with E-state index in [-0.39, 0.29) is 11.4 Å². The zero-order chi connectivity index (χ0) is 13.1. The molecule has 1 N–H and O–H groups in total. The molecular weight excluding hydrogens is 226 g/mol. The predicted octanol–water partition coefficient (Wildman–Crippen LogP) is 2.41. The molecule has 1 aromatic carbocycles. The summed E-state index contributed by atoms with van der Waals surface area (Å²) >= 11 is 0. The second-order valence-electron chi connectivity index (χ2n) is 4.50. The molecule has 0 amide bonds. The van der Waals surface area contributed by atoms with E-state index in [2.05, 4.69) is 0 Å². The van der Waals surface area contributed by atoms with Gasteiger partial charge in [-0.1, -0.05) is 30.3 Å². The highest BCUT2D eigenvalue weighted by Gasteiger charge is 2.08. The van der Waals surface area contributed by atoms with Crippen molar-refractivity contribution in [3.8, 4) is 5.88 Å². The second kappa shape index (κ2) is 5.08. The minimum Gasteiger partial charge on any atom is -0.494 e. The summed E-state index contributed by atoms with van der Waals surface area (Å²) in [6.07, 6.45) is 0.733. The first-order valence-corrected chi connectivity index (χ1v) is 6.03. The summed E-state index contributed by atoms with van der Waals surface area (Å²) in [6.45, 7) is 4.11. The molecule has 0 saturated heterocycles. The van der Waals surface area contributed by atoms with Gasteiger partial charge >= 0.3 is 0 Å². The number of aryl methyl sites for hydroxylation is 2. The number of aromatic nitrogens is 1. The van der Waals surface area contributed by atoms with Crippen LogP contribution in [0.2, 0.25) is 0 Å². The van der Waals surface area contributed by atoms with E-state index in [1.54, 1.807) is 13.0 Å². The van der Waals surface area contributed by atoms with E-state index >= 15 is 0 Å². The molecule has 0 aliphatic carbocycles. The Labute approximate surface area is 106 Å². The van der Waals surface area contributed by atoms with Crippen LogP contribution in [0, 0.1) is 13.8 Å². The fraction of sp³-hybridized carbons (Fsp3) is 0.267. The maximum atomic E-state index is 12.0. The molecule has 3 nitrogen and oxygen atoms in total. The van der Waals surface area contributed by atoms with Crippen molar-refractivity contribution in [2.75, 3.05) is 0 Å². The number of pyridine rings is 1. The molecule has 0 fully saturated rings. The summed E-state index contributed by atoms with van der Waals surface area (Å²) < 4.78 is 1.43. The van der Waals surface area contributed by atoms with E-state index in [1.165, 1.54) is 4.57 Å². The van der Waals surface area contributed by atoms with Gasteiger partial charge in [-0.3, -0.25) is 9.36 Å². The molecule has 2 rings (SSSR count). The molecular formula is C15H17NO2. The largest absolute Gasteiger partial charge is 0.494 e. The van der Waals surface area contributed by atoms with Crippen LogP contribution in [-0.4, -0.2) is 9.67 Å². The topological polar surface area (TPSA) is 42.2 Å². The minimum atomic E-state index is -0.108. The normalized spacial score (nSPS) is 10.6. The quantitative estimate of drug-likeness (QED) is 0.899. The molecule has 0 bridgehead atoms. The molecule has 0 spiro atoms. The maximum Gasteiger partial charge on any atom is 0.256 e. The average molecular weight is 243 g/mol. The van der Waals surface area contributed by atoms with Crippen LogP contribution in [-0.2, 0) is 13.0 Å². The van der Waals surface area contributed by atoms with Gasteiger partial charge in [0.05, 0.1) is 0 Å². The van der Waals surface area contributed by atoms with Gasteiger partial charge in [0.25, 0.3) is 5.56 Å². The van der Waals surface area contributed by atoms with E-state index in [0.717, 1.165) is 17.5 Å². The first-order chi connectivity index (χ1) is 8.59. The number of benzene rings is 1. The minimum absolute atomic E-state index is 0.0408. The molecule has 3 heteroatoms.